The zero-order chi connectivity index (χ0) is 22.5. The van der Waals surface area contributed by atoms with Crippen molar-refractivity contribution in [2.24, 2.45) is 0 Å². The Hall–Kier alpha value is -3.42. The minimum absolute atomic E-state index is 0.00244. The molecule has 164 valence electrons. The topological polar surface area (TPSA) is 91.8 Å². The van der Waals surface area contributed by atoms with Crippen LogP contribution in [0.4, 0.5) is 5.82 Å². The molecule has 8 nitrogen and oxygen atoms in total. The molecule has 1 fully saturated rings. The quantitative estimate of drug-likeness (QED) is 0.717. The van der Waals surface area contributed by atoms with Crippen molar-refractivity contribution in [3.8, 4) is 0 Å². The van der Waals surface area contributed by atoms with Crippen LogP contribution in [0.5, 0.6) is 0 Å². The maximum Gasteiger partial charge on any atom is 0.337 e. The Labute approximate surface area is 182 Å². The summed E-state index contributed by atoms with van der Waals surface area (Å²) in [5.74, 6) is 0.164. The molecule has 1 aromatic carbocycles. The second-order valence-corrected chi connectivity index (χ2v) is 7.74. The molecule has 3 rings (SSSR count). The third-order valence-electron chi connectivity index (χ3n) is 5.68. The molecule has 1 aromatic heterocycles. The number of pyridine rings is 1. The van der Waals surface area contributed by atoms with Crippen LogP contribution in [0, 0.1) is 0 Å². The lowest BCUT2D eigenvalue weighted by atomic mass is 10.1. The van der Waals surface area contributed by atoms with E-state index in [-0.39, 0.29) is 29.9 Å². The van der Waals surface area contributed by atoms with Gasteiger partial charge in [0.25, 0.3) is 5.91 Å². The second kappa shape index (κ2) is 9.59. The van der Waals surface area contributed by atoms with Crippen LogP contribution in [-0.2, 0) is 9.53 Å². The summed E-state index contributed by atoms with van der Waals surface area (Å²) in [6.07, 6.45) is 2.33. The summed E-state index contributed by atoms with van der Waals surface area (Å²) >= 11 is 0. The van der Waals surface area contributed by atoms with Crippen molar-refractivity contribution in [1.82, 2.24) is 14.8 Å². The van der Waals surface area contributed by atoms with E-state index in [4.69, 9.17) is 4.74 Å². The fraction of sp³-hybridized carbons (Fsp3) is 0.391. The van der Waals surface area contributed by atoms with Gasteiger partial charge in [-0.15, -0.1) is 0 Å². The van der Waals surface area contributed by atoms with Crippen molar-refractivity contribution in [1.29, 1.82) is 0 Å². The first-order valence-electron chi connectivity index (χ1n) is 10.2. The number of aromatic nitrogens is 1. The van der Waals surface area contributed by atoms with E-state index in [1.165, 1.54) is 14.0 Å². The molecule has 2 amide bonds. The number of hydrogen-bond donors (Lipinski definition) is 1. The van der Waals surface area contributed by atoms with Crippen LogP contribution in [0.3, 0.4) is 0 Å². The van der Waals surface area contributed by atoms with Gasteiger partial charge < -0.3 is 19.9 Å². The van der Waals surface area contributed by atoms with Crippen LogP contribution in [-0.4, -0.2) is 65.9 Å². The van der Waals surface area contributed by atoms with Crippen molar-refractivity contribution in [3.63, 3.8) is 0 Å². The highest BCUT2D eigenvalue weighted by atomic mass is 16.5. The molecule has 1 N–H and O–H groups in total. The zero-order valence-electron chi connectivity index (χ0n) is 18.3. The lowest BCUT2D eigenvalue weighted by molar-refractivity contribution is -0.129. The average Bonchev–Trinajstić information content (AvgIpc) is 3.28. The van der Waals surface area contributed by atoms with Crippen molar-refractivity contribution in [2.45, 2.75) is 32.4 Å². The van der Waals surface area contributed by atoms with Crippen LogP contribution in [0.25, 0.3) is 0 Å². The number of esters is 1. The van der Waals surface area contributed by atoms with Crippen LogP contribution in [0.2, 0.25) is 0 Å². The first kappa shape index (κ1) is 22.3. The molecule has 31 heavy (non-hydrogen) atoms. The predicted molar refractivity (Wildman–Crippen MR) is 117 cm³/mol. The lowest BCUT2D eigenvalue weighted by Crippen LogP contribution is -2.38. The number of anilines is 1. The van der Waals surface area contributed by atoms with E-state index in [2.05, 4.69) is 10.3 Å². The van der Waals surface area contributed by atoms with E-state index in [0.29, 0.717) is 30.0 Å². The number of nitrogens with zero attached hydrogens (tertiary/aromatic N) is 3. The highest BCUT2D eigenvalue weighted by Crippen LogP contribution is 2.21. The Morgan fingerprint density at radius 2 is 2.00 bits per heavy atom. The number of carbonyl (C=O) groups is 3. The molecule has 8 heteroatoms. The van der Waals surface area contributed by atoms with Gasteiger partial charge in [-0.25, -0.2) is 9.78 Å². The number of likely N-dealkylation sites (N-methyl/N-ethyl adjacent to an activating group) is 1. The van der Waals surface area contributed by atoms with Gasteiger partial charge in [-0.05, 0) is 43.2 Å². The first-order chi connectivity index (χ1) is 14.8. The van der Waals surface area contributed by atoms with Gasteiger partial charge in [0.1, 0.15) is 5.82 Å². The Balaban J connectivity index is 1.62. The van der Waals surface area contributed by atoms with Crippen molar-refractivity contribution < 1.29 is 19.1 Å². The summed E-state index contributed by atoms with van der Waals surface area (Å²) in [6.45, 7) is 4.65. The van der Waals surface area contributed by atoms with E-state index >= 15 is 0 Å². The predicted octanol–water partition coefficient (Wildman–Crippen LogP) is 2.73. The molecule has 0 saturated carbocycles. The molecule has 2 atom stereocenters. The maximum atomic E-state index is 12.8. The van der Waals surface area contributed by atoms with Gasteiger partial charge in [-0.1, -0.05) is 12.1 Å². The van der Waals surface area contributed by atoms with Crippen LogP contribution >= 0.6 is 0 Å². The summed E-state index contributed by atoms with van der Waals surface area (Å²) < 4.78 is 4.77. The second-order valence-electron chi connectivity index (χ2n) is 7.74. The molecule has 1 unspecified atom stereocenters. The van der Waals surface area contributed by atoms with E-state index in [9.17, 15) is 14.4 Å². The van der Waals surface area contributed by atoms with Crippen molar-refractivity contribution >= 4 is 23.6 Å². The van der Waals surface area contributed by atoms with Crippen LogP contribution < -0.4 is 5.32 Å². The minimum Gasteiger partial charge on any atom is -0.465 e. The van der Waals surface area contributed by atoms with Crippen molar-refractivity contribution in [2.75, 3.05) is 32.6 Å². The van der Waals surface area contributed by atoms with Gasteiger partial charge in [-0.2, -0.15) is 0 Å². The number of ether oxygens (including phenoxy) is 1. The Kier molecular flexibility index (Phi) is 6.89. The molecule has 0 spiro atoms. The summed E-state index contributed by atoms with van der Waals surface area (Å²) in [7, 11) is 3.12. The largest absolute Gasteiger partial charge is 0.465 e. The van der Waals surface area contributed by atoms with Gasteiger partial charge >= 0.3 is 5.97 Å². The molecular weight excluding hydrogens is 396 g/mol. The number of benzene rings is 1. The van der Waals surface area contributed by atoms with E-state index in [1.807, 2.05) is 19.1 Å². The third kappa shape index (κ3) is 5.20. The minimum atomic E-state index is -0.381. The van der Waals surface area contributed by atoms with Crippen LogP contribution in [0.1, 0.15) is 52.6 Å². The summed E-state index contributed by atoms with van der Waals surface area (Å²) in [6, 6.07) is 10.7. The van der Waals surface area contributed by atoms with E-state index in [0.717, 1.165) is 12.0 Å². The Morgan fingerprint density at radius 1 is 1.23 bits per heavy atom. The lowest BCUT2D eigenvalue weighted by Gasteiger charge is -2.23. The van der Waals surface area contributed by atoms with Gasteiger partial charge in [0.05, 0.1) is 24.3 Å². The number of amides is 2. The highest BCUT2D eigenvalue weighted by molar-refractivity contribution is 5.94. The SMILES string of the molecule is COC(=O)c1cccc(C(C)Nc2ccc(C(=O)N3CC[C@H](N(C)C(C)=O)C3)cn2)c1. The Morgan fingerprint density at radius 3 is 2.65 bits per heavy atom. The molecule has 1 saturated heterocycles. The number of carbonyl (C=O) groups excluding carboxylic acids is 3. The number of likely N-dealkylation sites (tertiary alicyclic amines) is 1. The molecule has 1 aliphatic heterocycles. The smallest absolute Gasteiger partial charge is 0.337 e. The molecule has 0 bridgehead atoms. The summed E-state index contributed by atoms with van der Waals surface area (Å²) in [5.41, 5.74) is 1.92. The monoisotopic (exact) mass is 424 g/mol. The summed E-state index contributed by atoms with van der Waals surface area (Å²) in [5, 5.41) is 3.28. The van der Waals surface area contributed by atoms with E-state index < -0.39 is 0 Å². The fourth-order valence-corrected chi connectivity index (χ4v) is 3.65. The fourth-order valence-electron chi connectivity index (χ4n) is 3.65. The molecule has 1 aliphatic rings. The van der Waals surface area contributed by atoms with Crippen molar-refractivity contribution in [3.05, 3.63) is 59.3 Å². The maximum absolute atomic E-state index is 12.8. The third-order valence-corrected chi connectivity index (χ3v) is 5.68. The average molecular weight is 425 g/mol. The number of nitrogens with one attached hydrogen (secondary N) is 1. The molecule has 2 aromatic rings. The molecule has 0 aliphatic carbocycles. The van der Waals surface area contributed by atoms with E-state index in [1.54, 1.807) is 47.3 Å². The van der Waals surface area contributed by atoms with Gasteiger partial charge in [-0.3, -0.25) is 9.59 Å². The molecule has 0 radical (unpaired) electrons. The molecular formula is C23H28N4O4. The number of hydrogen-bond acceptors (Lipinski definition) is 6. The van der Waals surface area contributed by atoms with Gasteiger partial charge in [0.2, 0.25) is 5.91 Å². The standard InChI is InChI=1S/C23H28N4O4/c1-15(17-6-5-7-18(12-17)23(30)31-4)25-21-9-8-19(13-24-21)22(29)27-11-10-20(14-27)26(3)16(2)28/h5-9,12-13,15,20H,10-11,14H2,1-4H3,(H,24,25)/t15?,20-/m0/s1. The van der Waals surface area contributed by atoms with Gasteiger partial charge in [0.15, 0.2) is 0 Å². The Bertz CT molecular complexity index is 960. The summed E-state index contributed by atoms with van der Waals surface area (Å²) in [4.78, 5) is 43.9. The first-order valence-corrected chi connectivity index (χ1v) is 10.2. The van der Waals surface area contributed by atoms with Gasteiger partial charge in [0, 0.05) is 39.3 Å². The van der Waals surface area contributed by atoms with Crippen LogP contribution in [0.15, 0.2) is 42.6 Å². The highest BCUT2D eigenvalue weighted by Gasteiger charge is 2.30. The zero-order valence-corrected chi connectivity index (χ0v) is 18.3. The number of methoxy groups -OCH3 is 1. The number of rotatable bonds is 6. The normalized spacial score (nSPS) is 16.5. The molecule has 2 heterocycles.